The van der Waals surface area contributed by atoms with Crippen molar-refractivity contribution in [3.63, 3.8) is 0 Å². The topological polar surface area (TPSA) is 150 Å². The highest BCUT2D eigenvalue weighted by atomic mass is 16.7. The first-order valence-electron chi connectivity index (χ1n) is 17.7. The molecule has 11 heteroatoms. The summed E-state index contributed by atoms with van der Waals surface area (Å²) in [6.07, 6.45) is -4.44. The Balaban J connectivity index is 1.38. The molecule has 0 spiro atoms. The van der Waals surface area contributed by atoms with E-state index in [-0.39, 0.29) is 32.0 Å². The molecule has 1 aliphatic carbocycles. The molecule has 282 valence electrons. The van der Waals surface area contributed by atoms with Gasteiger partial charge in [-0.2, -0.15) is 0 Å². The third-order valence-electron chi connectivity index (χ3n) is 10.5. The van der Waals surface area contributed by atoms with Crippen molar-refractivity contribution in [1.82, 2.24) is 5.32 Å². The third kappa shape index (κ3) is 7.81. The van der Waals surface area contributed by atoms with E-state index in [1.165, 1.54) is 7.11 Å². The van der Waals surface area contributed by atoms with Crippen LogP contribution in [0.25, 0.3) is 0 Å². The Labute approximate surface area is 314 Å². The number of fused-ring (bicyclic) bond motifs is 3. The van der Waals surface area contributed by atoms with E-state index in [0.29, 0.717) is 39.1 Å². The number of rotatable bonds is 11. The molecule has 0 unspecified atom stereocenters. The number of hydrogen-bond donors (Lipinski definition) is 3. The van der Waals surface area contributed by atoms with Gasteiger partial charge in [0.2, 0.25) is 0 Å². The minimum atomic E-state index is -1.90. The molecule has 0 saturated carbocycles. The highest BCUT2D eigenvalue weighted by Crippen LogP contribution is 2.56. The Morgan fingerprint density at radius 3 is 2.15 bits per heavy atom. The predicted molar refractivity (Wildman–Crippen MR) is 198 cm³/mol. The zero-order valence-electron chi connectivity index (χ0n) is 30.7. The Kier molecular flexibility index (Phi) is 11.6. The van der Waals surface area contributed by atoms with E-state index in [9.17, 15) is 24.6 Å². The van der Waals surface area contributed by atoms with Crippen molar-refractivity contribution < 1.29 is 48.3 Å². The zero-order valence-corrected chi connectivity index (χ0v) is 30.7. The van der Waals surface area contributed by atoms with Gasteiger partial charge in [-0.3, -0.25) is 4.79 Å². The highest BCUT2D eigenvalue weighted by molar-refractivity contribution is 5.95. The van der Waals surface area contributed by atoms with Gasteiger partial charge >= 0.3 is 11.9 Å². The monoisotopic (exact) mass is 735 g/mol. The van der Waals surface area contributed by atoms with Crippen molar-refractivity contribution in [2.24, 2.45) is 5.41 Å². The second kappa shape index (κ2) is 16.4. The van der Waals surface area contributed by atoms with Crippen LogP contribution in [-0.4, -0.2) is 66.4 Å². The zero-order chi connectivity index (χ0) is 38.5. The molecule has 0 fully saturated rings. The molecule has 0 aromatic heterocycles. The first kappa shape index (κ1) is 38.4. The normalized spacial score (nSPS) is 21.6. The lowest BCUT2D eigenvalue weighted by molar-refractivity contribution is -0.183. The van der Waals surface area contributed by atoms with Crippen LogP contribution in [0.4, 0.5) is 0 Å². The minimum Gasteiger partial charge on any atom is -0.468 e. The summed E-state index contributed by atoms with van der Waals surface area (Å²) in [6.45, 7) is 5.62. The van der Waals surface area contributed by atoms with E-state index in [1.807, 2.05) is 13.8 Å². The van der Waals surface area contributed by atoms with Gasteiger partial charge in [-0.25, -0.2) is 9.59 Å². The molecule has 54 heavy (non-hydrogen) atoms. The molecule has 4 aromatic carbocycles. The molecule has 3 N–H and O–H groups in total. The number of aliphatic hydroxyl groups excluding tert-OH is 1. The summed E-state index contributed by atoms with van der Waals surface area (Å²) in [5.74, 6) is -1.77. The number of nitrogens with one attached hydrogen (secondary N) is 1. The van der Waals surface area contributed by atoms with Crippen LogP contribution in [0.1, 0.15) is 76.7 Å². The van der Waals surface area contributed by atoms with Crippen molar-refractivity contribution in [3.05, 3.63) is 148 Å². The Bertz CT molecular complexity index is 1980. The quantitative estimate of drug-likeness (QED) is 0.0949. The van der Waals surface area contributed by atoms with E-state index in [2.05, 4.69) is 5.32 Å². The first-order valence-corrected chi connectivity index (χ1v) is 17.7. The first-order chi connectivity index (χ1) is 25.9. The largest absolute Gasteiger partial charge is 0.468 e. The van der Waals surface area contributed by atoms with Crippen LogP contribution >= 0.6 is 0 Å². The fraction of sp³-hybridized carbons (Fsp3) is 0.326. The van der Waals surface area contributed by atoms with E-state index in [0.717, 1.165) is 0 Å². The Morgan fingerprint density at radius 2 is 1.50 bits per heavy atom. The van der Waals surface area contributed by atoms with E-state index < -0.39 is 53.2 Å². The number of carbonyl (C=O) groups excluding carboxylic acids is 3. The highest BCUT2D eigenvalue weighted by Gasteiger charge is 2.59. The number of amides is 1. The molecule has 2 bridgehead atoms. The molecule has 1 amide bonds. The molecule has 1 heterocycles. The SMILES string of the molecule is COCOc1ccc2c(c1)[C@@H](OC(=O)c1ccccc1)[C@@]1(O)C[C@@H](OC(=O)[C@H](O)[C@@H](NC(=O)c3ccccc3)c3ccccc3)C(C)=C(COC2)C1(C)C. The molecule has 4 aromatic rings. The van der Waals surface area contributed by atoms with Crippen LogP contribution in [-0.2, 0) is 30.3 Å². The number of carbonyl (C=O) groups is 3. The molecule has 5 atom stereocenters. The van der Waals surface area contributed by atoms with Gasteiger partial charge in [0.25, 0.3) is 5.91 Å². The summed E-state index contributed by atoms with van der Waals surface area (Å²) < 4.78 is 29.5. The number of ether oxygens (including phenoxy) is 5. The maximum Gasteiger partial charge on any atom is 0.338 e. The van der Waals surface area contributed by atoms with Gasteiger partial charge < -0.3 is 39.2 Å². The maximum atomic E-state index is 14.0. The van der Waals surface area contributed by atoms with E-state index in [4.69, 9.17) is 23.7 Å². The van der Waals surface area contributed by atoms with Crippen molar-refractivity contribution >= 4 is 17.8 Å². The van der Waals surface area contributed by atoms with Crippen LogP contribution in [0.15, 0.2) is 120 Å². The van der Waals surface area contributed by atoms with Crippen molar-refractivity contribution in [2.75, 3.05) is 20.5 Å². The van der Waals surface area contributed by atoms with Gasteiger partial charge in [0.05, 0.1) is 24.8 Å². The number of methoxy groups -OCH3 is 1. The van der Waals surface area contributed by atoms with Crippen LogP contribution in [0.5, 0.6) is 5.75 Å². The average Bonchev–Trinajstić information content (AvgIpc) is 3.20. The lowest BCUT2D eigenvalue weighted by atomic mass is 9.58. The second-order valence-electron chi connectivity index (χ2n) is 14.1. The molecular formula is C43H45NO10. The Hall–Kier alpha value is -5.33. The molecule has 0 radical (unpaired) electrons. The molecule has 2 aliphatic rings. The number of esters is 2. The number of benzene rings is 4. The predicted octanol–water partition coefficient (Wildman–Crippen LogP) is 6.02. The van der Waals surface area contributed by atoms with E-state index >= 15 is 0 Å². The van der Waals surface area contributed by atoms with Crippen molar-refractivity contribution in [3.8, 4) is 5.75 Å². The molecule has 1 aliphatic heterocycles. The summed E-state index contributed by atoms with van der Waals surface area (Å²) in [7, 11) is 1.50. The van der Waals surface area contributed by atoms with Crippen LogP contribution < -0.4 is 10.1 Å². The molecule has 11 nitrogen and oxygen atoms in total. The maximum absolute atomic E-state index is 14.0. The van der Waals surface area contributed by atoms with Gasteiger partial charge in [-0.05, 0) is 65.6 Å². The van der Waals surface area contributed by atoms with Gasteiger partial charge in [-0.15, -0.1) is 0 Å². The standard InChI is InChI=1S/C43H45NO10/c1-27-34-25-51-24-31-20-21-32(52-26-50-4)22-33(31)38(54-40(47)30-18-12-7-13-19-30)43(49,42(34,2)3)23-35(27)53-41(48)37(45)36(28-14-8-5-9-15-28)44-39(46)29-16-10-6-11-17-29/h5-22,35-38,45,49H,23-26H2,1-4H3,(H,44,46)/t35-,36+,37-,38-,43+/m1/s1. The lowest BCUT2D eigenvalue weighted by Gasteiger charge is -2.53. The Morgan fingerprint density at radius 1 is 0.870 bits per heavy atom. The van der Waals surface area contributed by atoms with Crippen molar-refractivity contribution in [2.45, 2.75) is 63.8 Å². The molecule has 6 rings (SSSR count). The van der Waals surface area contributed by atoms with E-state index in [1.54, 1.807) is 116 Å². The number of hydrogen-bond acceptors (Lipinski definition) is 10. The minimum absolute atomic E-state index is 0.0400. The average molecular weight is 736 g/mol. The van der Waals surface area contributed by atoms with Crippen molar-refractivity contribution in [1.29, 1.82) is 0 Å². The fourth-order valence-electron chi connectivity index (χ4n) is 7.26. The van der Waals surface area contributed by atoms with Crippen LogP contribution in [0, 0.1) is 5.41 Å². The van der Waals surface area contributed by atoms with Gasteiger partial charge in [0.15, 0.2) is 19.0 Å². The van der Waals surface area contributed by atoms with Gasteiger partial charge in [-0.1, -0.05) is 86.6 Å². The summed E-state index contributed by atoms with van der Waals surface area (Å²) in [4.78, 5) is 41.1. The smallest absolute Gasteiger partial charge is 0.338 e. The number of aliphatic hydroxyl groups is 2. The van der Waals surface area contributed by atoms with Gasteiger partial charge in [0, 0.05) is 30.1 Å². The summed E-state index contributed by atoms with van der Waals surface area (Å²) >= 11 is 0. The van der Waals surface area contributed by atoms with Crippen LogP contribution in [0.2, 0.25) is 0 Å². The fourth-order valence-corrected chi connectivity index (χ4v) is 7.26. The second-order valence-corrected chi connectivity index (χ2v) is 14.1. The molecule has 0 saturated heterocycles. The van der Waals surface area contributed by atoms with Crippen LogP contribution in [0.3, 0.4) is 0 Å². The lowest BCUT2D eigenvalue weighted by Crippen LogP contribution is -2.58. The van der Waals surface area contributed by atoms with Gasteiger partial charge in [0.1, 0.15) is 17.5 Å². The summed E-state index contributed by atoms with van der Waals surface area (Å²) in [5.41, 5.74) is 0.485. The summed E-state index contributed by atoms with van der Waals surface area (Å²) in [5, 5.41) is 27.6. The summed E-state index contributed by atoms with van der Waals surface area (Å²) in [6, 6.07) is 29.6. The molecular weight excluding hydrogens is 690 g/mol. The third-order valence-corrected chi connectivity index (χ3v) is 10.5.